The summed E-state index contributed by atoms with van der Waals surface area (Å²) >= 11 is 0. The number of methoxy groups -OCH3 is 2. The molecule has 4 amide bonds. The Bertz CT molecular complexity index is 2270. The van der Waals surface area contributed by atoms with Crippen molar-refractivity contribution in [3.63, 3.8) is 0 Å². The largest absolute Gasteiger partial charge is 0.453 e. The van der Waals surface area contributed by atoms with E-state index in [2.05, 4.69) is 30.8 Å². The van der Waals surface area contributed by atoms with Crippen molar-refractivity contribution in [2.24, 2.45) is 0 Å². The number of likely N-dealkylation sites (tertiary alicyclic amines) is 2. The van der Waals surface area contributed by atoms with Crippen molar-refractivity contribution >= 4 is 24.0 Å². The lowest BCUT2D eigenvalue weighted by molar-refractivity contribution is -0.135. The number of aromatic amines is 1. The molecule has 2 aliphatic rings. The Labute approximate surface area is 346 Å². The van der Waals surface area contributed by atoms with E-state index in [4.69, 9.17) is 13.9 Å². The maximum atomic E-state index is 13.9. The van der Waals surface area contributed by atoms with Crippen LogP contribution < -0.4 is 10.6 Å². The first-order valence-corrected chi connectivity index (χ1v) is 19.8. The van der Waals surface area contributed by atoms with Crippen molar-refractivity contribution in [2.75, 3.05) is 27.3 Å². The second-order valence-corrected chi connectivity index (χ2v) is 14.6. The normalized spacial score (nSPS) is 17.2. The number of carbonyl (C=O) groups excluding carboxylic acids is 4. The van der Waals surface area contributed by atoms with E-state index in [1.165, 1.54) is 14.2 Å². The van der Waals surface area contributed by atoms with Gasteiger partial charge in [-0.3, -0.25) is 9.59 Å². The van der Waals surface area contributed by atoms with Crippen LogP contribution in [-0.4, -0.2) is 81.3 Å². The lowest BCUT2D eigenvalue weighted by Gasteiger charge is -2.28. The van der Waals surface area contributed by atoms with Gasteiger partial charge in [-0.25, -0.2) is 14.6 Å². The summed E-state index contributed by atoms with van der Waals surface area (Å²) in [6.07, 6.45) is 3.34. The lowest BCUT2D eigenvalue weighted by atomic mass is 10.0. The average Bonchev–Trinajstić information content (AvgIpc) is 4.15. The van der Waals surface area contributed by atoms with Crippen LogP contribution in [0.5, 0.6) is 0 Å². The highest BCUT2D eigenvalue weighted by atomic mass is 16.5. The zero-order chi connectivity index (χ0) is 41.6. The van der Waals surface area contributed by atoms with Gasteiger partial charge in [-0.1, -0.05) is 97.1 Å². The molecule has 3 N–H and O–H groups in total. The van der Waals surface area contributed by atoms with E-state index in [1.807, 2.05) is 97.1 Å². The number of imidazole rings is 1. The molecule has 2 saturated heterocycles. The molecule has 6 aromatic rings. The van der Waals surface area contributed by atoms with Gasteiger partial charge in [0.15, 0.2) is 0 Å². The summed E-state index contributed by atoms with van der Waals surface area (Å²) in [6, 6.07) is 31.6. The Balaban J connectivity index is 0.928. The van der Waals surface area contributed by atoms with E-state index < -0.39 is 30.3 Å². The predicted octanol–water partition coefficient (Wildman–Crippen LogP) is 7.32. The molecule has 8 rings (SSSR count). The fraction of sp³-hybridized carbons (Fsp3) is 0.267. The van der Waals surface area contributed by atoms with E-state index in [0.717, 1.165) is 47.2 Å². The summed E-state index contributed by atoms with van der Waals surface area (Å²) in [6.45, 7) is 1.02. The smallest absolute Gasteiger partial charge is 0.407 e. The van der Waals surface area contributed by atoms with E-state index >= 15 is 0 Å². The third-order valence-corrected chi connectivity index (χ3v) is 11.0. The molecule has 4 aromatic carbocycles. The van der Waals surface area contributed by atoms with Gasteiger partial charge in [0, 0.05) is 18.7 Å². The molecule has 0 saturated carbocycles. The first-order chi connectivity index (χ1) is 29.3. The molecule has 2 aromatic heterocycles. The van der Waals surface area contributed by atoms with Crippen LogP contribution >= 0.6 is 0 Å². The van der Waals surface area contributed by atoms with Gasteiger partial charge in [-0.2, -0.15) is 0 Å². The van der Waals surface area contributed by atoms with Crippen LogP contribution in [0.1, 0.15) is 72.7 Å². The average molecular weight is 809 g/mol. The molecule has 4 heterocycles. The molecule has 0 spiro atoms. The summed E-state index contributed by atoms with van der Waals surface area (Å²) in [5.41, 5.74) is 5.80. The number of nitrogens with one attached hydrogen (secondary N) is 3. The molecule has 0 radical (unpaired) electrons. The molecule has 1 unspecified atom stereocenters. The molecule has 306 valence electrons. The van der Waals surface area contributed by atoms with Crippen molar-refractivity contribution < 1.29 is 33.1 Å². The van der Waals surface area contributed by atoms with E-state index in [0.29, 0.717) is 48.2 Å². The minimum Gasteiger partial charge on any atom is -0.453 e. The number of alkyl carbamates (subject to hydrolysis) is 2. The third-order valence-electron chi connectivity index (χ3n) is 11.0. The van der Waals surface area contributed by atoms with Crippen LogP contribution in [0.15, 0.2) is 120 Å². The number of hydrogen-bond acceptors (Lipinski definition) is 10. The first kappa shape index (κ1) is 39.5. The topological polar surface area (TPSA) is 185 Å². The van der Waals surface area contributed by atoms with E-state index in [-0.39, 0.29) is 17.9 Å². The molecule has 60 heavy (non-hydrogen) atoms. The quantitative estimate of drug-likeness (QED) is 0.120. The highest BCUT2D eigenvalue weighted by Crippen LogP contribution is 2.37. The van der Waals surface area contributed by atoms with Crippen molar-refractivity contribution in [2.45, 2.75) is 49.9 Å². The molecule has 4 atom stereocenters. The SMILES string of the molecule is COC(=O)N[C@H](C(=O)N1CCC[C@@H]1c1ncc(-c2ccc(-c3ccc(-c4nnc(C5CCCN5C(=O)[C@H](NC(=O)OC)c5ccccc5)o4)cc3)cc2)[nH]1)c1ccccc1. The van der Waals surface area contributed by atoms with Crippen molar-refractivity contribution in [1.82, 2.24) is 40.6 Å². The summed E-state index contributed by atoms with van der Waals surface area (Å²) in [5, 5.41) is 14.0. The lowest BCUT2D eigenvalue weighted by Crippen LogP contribution is -2.42. The van der Waals surface area contributed by atoms with Crippen LogP contribution in [0.2, 0.25) is 0 Å². The van der Waals surface area contributed by atoms with Crippen molar-refractivity contribution in [3.8, 4) is 33.8 Å². The number of nitrogens with zero attached hydrogens (tertiary/aromatic N) is 5. The Morgan fingerprint density at radius 3 is 1.67 bits per heavy atom. The van der Waals surface area contributed by atoms with Gasteiger partial charge < -0.3 is 39.3 Å². The monoisotopic (exact) mass is 808 g/mol. The van der Waals surface area contributed by atoms with Crippen LogP contribution in [0, 0.1) is 0 Å². The third kappa shape index (κ3) is 8.32. The van der Waals surface area contributed by atoms with Crippen LogP contribution in [0.3, 0.4) is 0 Å². The number of H-pyrrole nitrogens is 1. The Hall–Kier alpha value is -7.29. The number of aromatic nitrogens is 4. The van der Waals surface area contributed by atoms with Gasteiger partial charge >= 0.3 is 12.2 Å². The Morgan fingerprint density at radius 1 is 0.650 bits per heavy atom. The summed E-state index contributed by atoms with van der Waals surface area (Å²) in [4.78, 5) is 63.7. The van der Waals surface area contributed by atoms with Crippen molar-refractivity contribution in [3.05, 3.63) is 138 Å². The number of rotatable bonds is 11. The molecular formula is C45H44N8O7. The number of hydrogen-bond donors (Lipinski definition) is 3. The van der Waals surface area contributed by atoms with Gasteiger partial charge in [0.1, 0.15) is 23.9 Å². The second-order valence-electron chi connectivity index (χ2n) is 14.6. The summed E-state index contributed by atoms with van der Waals surface area (Å²) in [5.74, 6) is 0.850. The van der Waals surface area contributed by atoms with Crippen LogP contribution in [-0.2, 0) is 19.1 Å². The zero-order valence-electron chi connectivity index (χ0n) is 33.1. The van der Waals surface area contributed by atoms with Gasteiger partial charge in [-0.05, 0) is 65.6 Å². The minimum absolute atomic E-state index is 0.224. The second kappa shape index (κ2) is 17.7. The number of amides is 4. The number of ether oxygens (including phenoxy) is 2. The molecular weight excluding hydrogens is 765 g/mol. The summed E-state index contributed by atoms with van der Waals surface area (Å²) < 4.78 is 15.8. The molecule has 15 heteroatoms. The van der Waals surface area contributed by atoms with Gasteiger partial charge in [-0.15, -0.1) is 10.2 Å². The first-order valence-electron chi connectivity index (χ1n) is 19.8. The Kier molecular flexibility index (Phi) is 11.7. The molecule has 2 aliphatic heterocycles. The fourth-order valence-corrected chi connectivity index (χ4v) is 7.94. The molecule has 15 nitrogen and oxygen atoms in total. The molecule has 2 fully saturated rings. The zero-order valence-corrected chi connectivity index (χ0v) is 33.1. The minimum atomic E-state index is -0.932. The number of carbonyl (C=O) groups is 4. The molecule has 0 bridgehead atoms. The Morgan fingerprint density at radius 2 is 1.13 bits per heavy atom. The maximum absolute atomic E-state index is 13.9. The highest BCUT2D eigenvalue weighted by molar-refractivity contribution is 5.88. The van der Waals surface area contributed by atoms with Crippen molar-refractivity contribution in [1.29, 1.82) is 0 Å². The van der Waals surface area contributed by atoms with Gasteiger partial charge in [0.2, 0.25) is 11.8 Å². The fourth-order valence-electron chi connectivity index (χ4n) is 7.94. The highest BCUT2D eigenvalue weighted by Gasteiger charge is 2.39. The van der Waals surface area contributed by atoms with Gasteiger partial charge in [0.05, 0.1) is 32.2 Å². The summed E-state index contributed by atoms with van der Waals surface area (Å²) in [7, 11) is 2.53. The predicted molar refractivity (Wildman–Crippen MR) is 220 cm³/mol. The van der Waals surface area contributed by atoms with Crippen LogP contribution in [0.25, 0.3) is 33.8 Å². The van der Waals surface area contributed by atoms with Gasteiger partial charge in [0.25, 0.3) is 11.8 Å². The standard InChI is InChI=1S/C45H44N8O7/c1-58-44(56)48-37(31-11-5-3-6-12-31)42(54)52-25-9-15-35(52)39-46-27-34(47-39)30-21-17-28(18-22-30)29-19-23-33(24-20-29)40-50-51-41(60-40)36-16-10-26-53(36)43(55)38(49-45(57)59-2)32-13-7-4-8-14-32/h3-8,11-14,17-24,27,35-38H,9-10,15-16,25-26H2,1-2H3,(H,46,47)(H,48,56)(H,49,57)/t35-,36?,37+,38-/m1/s1. The maximum Gasteiger partial charge on any atom is 0.407 e. The molecule has 0 aliphatic carbocycles. The van der Waals surface area contributed by atoms with E-state index in [9.17, 15) is 19.2 Å². The van der Waals surface area contributed by atoms with Crippen LogP contribution in [0.4, 0.5) is 9.59 Å². The van der Waals surface area contributed by atoms with E-state index in [1.54, 1.807) is 28.1 Å². The number of benzene rings is 4.